The number of benzene rings is 2. The van der Waals surface area contributed by atoms with Gasteiger partial charge in [0.2, 0.25) is 0 Å². The highest BCUT2D eigenvalue weighted by Crippen LogP contribution is 2.23. The van der Waals surface area contributed by atoms with Crippen LogP contribution in [0.15, 0.2) is 72.8 Å². The molecule has 1 aliphatic rings. The van der Waals surface area contributed by atoms with Gasteiger partial charge in [0.15, 0.2) is 0 Å². The number of carbonyl (C=O) groups is 4. The average molecular weight is 557 g/mol. The second kappa shape index (κ2) is 18.7. The SMILES string of the molecule is Cc1ccc(OCCN2CCN(C)CC2)c(Cc2ccccc2)c1.O=C(O)/C=C\C(=O)O.O=C(O)/C=C\C(=O)O. The van der Waals surface area contributed by atoms with Gasteiger partial charge >= 0.3 is 23.9 Å². The zero-order valence-corrected chi connectivity index (χ0v) is 22.6. The van der Waals surface area contributed by atoms with E-state index in [1.165, 1.54) is 16.7 Å². The Balaban J connectivity index is 0.000000412. The van der Waals surface area contributed by atoms with Crippen molar-refractivity contribution in [3.05, 3.63) is 89.5 Å². The third-order valence-electron chi connectivity index (χ3n) is 5.45. The number of aliphatic carboxylic acids is 4. The molecule has 3 rings (SSSR count). The predicted octanol–water partition coefficient (Wildman–Crippen LogP) is 2.64. The lowest BCUT2D eigenvalue weighted by molar-refractivity contribution is -0.134. The van der Waals surface area contributed by atoms with Crippen molar-refractivity contribution in [2.45, 2.75) is 13.3 Å². The van der Waals surface area contributed by atoms with Crippen LogP contribution < -0.4 is 4.74 Å². The number of aryl methyl sites for hydroxylation is 1. The van der Waals surface area contributed by atoms with Crippen molar-refractivity contribution in [2.24, 2.45) is 0 Å². The van der Waals surface area contributed by atoms with Crippen LogP contribution in [0.5, 0.6) is 5.75 Å². The van der Waals surface area contributed by atoms with Crippen LogP contribution in [0.3, 0.4) is 0 Å². The standard InChI is InChI=1S/C21H28N2O.2C4H4O4/c1-18-8-9-21(20(16-18)17-19-6-4-3-5-7-19)24-15-14-23-12-10-22(2)11-13-23;2*5-3(6)1-2-4(7)8/h3-9,16H,10-15,17H2,1-2H3;2*1-2H,(H,5,6)(H,7,8)/b;2*2-1-. The number of piperazine rings is 1. The summed E-state index contributed by atoms with van der Waals surface area (Å²) in [5.41, 5.74) is 3.89. The molecule has 11 nitrogen and oxygen atoms in total. The van der Waals surface area contributed by atoms with Gasteiger partial charge in [-0.2, -0.15) is 0 Å². The van der Waals surface area contributed by atoms with E-state index in [4.69, 9.17) is 25.2 Å². The topological polar surface area (TPSA) is 165 Å². The largest absolute Gasteiger partial charge is 0.492 e. The van der Waals surface area contributed by atoms with Gasteiger partial charge in [-0.1, -0.05) is 48.0 Å². The second-order valence-corrected chi connectivity index (χ2v) is 8.79. The van der Waals surface area contributed by atoms with Crippen molar-refractivity contribution in [3.63, 3.8) is 0 Å². The summed E-state index contributed by atoms with van der Waals surface area (Å²) in [6.45, 7) is 8.51. The molecule has 0 radical (unpaired) electrons. The second-order valence-electron chi connectivity index (χ2n) is 8.79. The van der Waals surface area contributed by atoms with Crippen LogP contribution >= 0.6 is 0 Å². The molecule has 0 aliphatic carbocycles. The third-order valence-corrected chi connectivity index (χ3v) is 5.45. The lowest BCUT2D eigenvalue weighted by Crippen LogP contribution is -2.45. The molecule has 11 heteroatoms. The first-order valence-corrected chi connectivity index (χ1v) is 12.4. The molecule has 1 aliphatic heterocycles. The molecule has 0 amide bonds. The molecule has 0 unspecified atom stereocenters. The summed E-state index contributed by atoms with van der Waals surface area (Å²) in [4.78, 5) is 43.1. The molecule has 2 aromatic rings. The molecule has 4 N–H and O–H groups in total. The van der Waals surface area contributed by atoms with E-state index in [-0.39, 0.29) is 0 Å². The first-order valence-electron chi connectivity index (χ1n) is 12.4. The quantitative estimate of drug-likeness (QED) is 0.318. The molecule has 0 bridgehead atoms. The molecule has 0 spiro atoms. The highest BCUT2D eigenvalue weighted by atomic mass is 16.5. The van der Waals surface area contributed by atoms with E-state index in [0.717, 1.165) is 51.5 Å². The van der Waals surface area contributed by atoms with Gasteiger partial charge in [0.05, 0.1) is 0 Å². The molecule has 1 fully saturated rings. The molecule has 40 heavy (non-hydrogen) atoms. The zero-order valence-electron chi connectivity index (χ0n) is 22.6. The molecule has 216 valence electrons. The van der Waals surface area contributed by atoms with Gasteiger partial charge in [0.1, 0.15) is 12.4 Å². The van der Waals surface area contributed by atoms with E-state index >= 15 is 0 Å². The summed E-state index contributed by atoms with van der Waals surface area (Å²) in [6.07, 6.45) is 3.15. The summed E-state index contributed by atoms with van der Waals surface area (Å²) in [7, 11) is 2.19. The van der Waals surface area contributed by atoms with Gasteiger partial charge in [-0.05, 0) is 31.2 Å². The van der Waals surface area contributed by atoms with Gasteiger partial charge in [0, 0.05) is 63.4 Å². The Morgan fingerprint density at radius 1 is 0.775 bits per heavy atom. The predicted molar refractivity (Wildman–Crippen MR) is 149 cm³/mol. The van der Waals surface area contributed by atoms with Crippen molar-refractivity contribution in [3.8, 4) is 5.75 Å². The Labute approximate surface area is 233 Å². The maximum atomic E-state index is 9.55. The highest BCUT2D eigenvalue weighted by Gasteiger charge is 2.13. The fourth-order valence-electron chi connectivity index (χ4n) is 3.44. The van der Waals surface area contributed by atoms with Crippen molar-refractivity contribution in [2.75, 3.05) is 46.4 Å². The minimum Gasteiger partial charge on any atom is -0.492 e. The van der Waals surface area contributed by atoms with Crippen LogP contribution in [0.1, 0.15) is 16.7 Å². The smallest absolute Gasteiger partial charge is 0.328 e. The maximum absolute atomic E-state index is 9.55. The Kier molecular flexibility index (Phi) is 15.7. The first-order chi connectivity index (χ1) is 19.0. The van der Waals surface area contributed by atoms with Crippen molar-refractivity contribution >= 4 is 23.9 Å². The fourth-order valence-corrected chi connectivity index (χ4v) is 3.44. The normalized spacial score (nSPS) is 13.6. The number of rotatable bonds is 10. The first kappa shape index (κ1) is 33.5. The molecule has 0 atom stereocenters. The number of ether oxygens (including phenoxy) is 1. The monoisotopic (exact) mass is 556 g/mol. The number of likely N-dealkylation sites (N-methyl/N-ethyl adjacent to an activating group) is 1. The molecule has 1 saturated heterocycles. The Morgan fingerprint density at radius 2 is 1.27 bits per heavy atom. The molecular formula is C29H36N2O9. The van der Waals surface area contributed by atoms with Crippen LogP contribution in [0.2, 0.25) is 0 Å². The summed E-state index contributed by atoms with van der Waals surface area (Å²) >= 11 is 0. The summed E-state index contributed by atoms with van der Waals surface area (Å²) < 4.78 is 6.14. The zero-order chi connectivity index (χ0) is 29.9. The van der Waals surface area contributed by atoms with E-state index in [1.54, 1.807) is 0 Å². The lowest BCUT2D eigenvalue weighted by Gasteiger charge is -2.32. The molecule has 0 saturated carbocycles. The fraction of sp³-hybridized carbons (Fsp3) is 0.310. The number of carboxylic acid groups (broad SMARTS) is 4. The number of hydrogen-bond donors (Lipinski definition) is 4. The van der Waals surface area contributed by atoms with E-state index in [9.17, 15) is 19.2 Å². The summed E-state index contributed by atoms with van der Waals surface area (Å²) in [6, 6.07) is 17.1. The van der Waals surface area contributed by atoms with E-state index in [0.29, 0.717) is 24.3 Å². The van der Waals surface area contributed by atoms with Crippen LogP contribution in [0, 0.1) is 6.92 Å². The van der Waals surface area contributed by atoms with E-state index in [2.05, 4.69) is 72.3 Å². The van der Waals surface area contributed by atoms with Gasteiger partial charge in [-0.3, -0.25) is 4.90 Å². The van der Waals surface area contributed by atoms with Crippen LogP contribution in [-0.4, -0.2) is 100 Å². The average Bonchev–Trinajstić information content (AvgIpc) is 2.90. The Bertz CT molecular complexity index is 1090. The van der Waals surface area contributed by atoms with Gasteiger partial charge < -0.3 is 30.1 Å². The van der Waals surface area contributed by atoms with Crippen molar-refractivity contribution < 1.29 is 44.3 Å². The van der Waals surface area contributed by atoms with Crippen LogP contribution in [0.4, 0.5) is 0 Å². The number of hydrogen-bond acceptors (Lipinski definition) is 7. The Hall–Kier alpha value is -4.48. The van der Waals surface area contributed by atoms with E-state index < -0.39 is 23.9 Å². The van der Waals surface area contributed by atoms with Gasteiger partial charge in [-0.15, -0.1) is 0 Å². The lowest BCUT2D eigenvalue weighted by atomic mass is 10.0. The highest BCUT2D eigenvalue weighted by molar-refractivity contribution is 5.90. The van der Waals surface area contributed by atoms with Crippen LogP contribution in [-0.2, 0) is 25.6 Å². The van der Waals surface area contributed by atoms with Crippen molar-refractivity contribution in [1.29, 1.82) is 0 Å². The Morgan fingerprint density at radius 3 is 1.75 bits per heavy atom. The third kappa shape index (κ3) is 16.4. The minimum atomic E-state index is -1.26. The molecule has 0 aromatic heterocycles. The van der Waals surface area contributed by atoms with Crippen LogP contribution in [0.25, 0.3) is 0 Å². The molecule has 2 aromatic carbocycles. The molecule has 1 heterocycles. The minimum absolute atomic E-state index is 0.558. The number of carboxylic acids is 4. The van der Waals surface area contributed by atoms with Gasteiger partial charge in [-0.25, -0.2) is 19.2 Å². The summed E-state index contributed by atoms with van der Waals surface area (Å²) in [5.74, 6) is -4.00. The summed E-state index contributed by atoms with van der Waals surface area (Å²) in [5, 5.41) is 31.2. The maximum Gasteiger partial charge on any atom is 0.328 e. The van der Waals surface area contributed by atoms with Crippen molar-refractivity contribution in [1.82, 2.24) is 9.80 Å². The van der Waals surface area contributed by atoms with E-state index in [1.807, 2.05) is 0 Å². The molecular weight excluding hydrogens is 520 g/mol. The number of nitrogens with zero attached hydrogens (tertiary/aromatic N) is 2. The van der Waals surface area contributed by atoms with Gasteiger partial charge in [0.25, 0.3) is 0 Å².